The number of halogens is 1. The molecule has 0 unspecified atom stereocenters. The summed E-state index contributed by atoms with van der Waals surface area (Å²) in [6.45, 7) is 4.72. The molecule has 32 heavy (non-hydrogen) atoms. The van der Waals surface area contributed by atoms with E-state index in [1.165, 1.54) is 34.7 Å². The number of benzene rings is 1. The summed E-state index contributed by atoms with van der Waals surface area (Å²) in [5, 5.41) is 1.24. The Morgan fingerprint density at radius 2 is 1.88 bits per heavy atom. The summed E-state index contributed by atoms with van der Waals surface area (Å²) in [5.41, 5.74) is 1.59. The Balaban J connectivity index is 1.42. The number of carbonyl (C=O) groups excluding carboxylic acids is 1. The predicted octanol–water partition coefficient (Wildman–Crippen LogP) is 5.01. The van der Waals surface area contributed by atoms with Gasteiger partial charge in [0.1, 0.15) is 22.3 Å². The summed E-state index contributed by atoms with van der Waals surface area (Å²) in [4.78, 5) is 29.5. The van der Waals surface area contributed by atoms with Gasteiger partial charge in [0.25, 0.3) is 5.91 Å². The molecule has 1 aliphatic carbocycles. The lowest BCUT2D eigenvalue weighted by Crippen LogP contribution is -2.49. The fourth-order valence-electron chi connectivity index (χ4n) is 4.78. The van der Waals surface area contributed by atoms with Gasteiger partial charge < -0.3 is 9.80 Å². The molecule has 1 fully saturated rings. The molecule has 0 bridgehead atoms. The number of hydrogen-bond acceptors (Lipinski definition) is 5. The molecule has 0 spiro atoms. The minimum atomic E-state index is -0.456. The van der Waals surface area contributed by atoms with Gasteiger partial charge in [-0.15, -0.1) is 11.3 Å². The first-order valence-electron chi connectivity index (χ1n) is 11.8. The Labute approximate surface area is 192 Å². The maximum Gasteiger partial charge on any atom is 0.256 e. The van der Waals surface area contributed by atoms with Crippen molar-refractivity contribution in [3.8, 4) is 0 Å². The number of amides is 1. The molecule has 0 saturated carbocycles. The van der Waals surface area contributed by atoms with Crippen molar-refractivity contribution in [2.24, 2.45) is 0 Å². The highest BCUT2D eigenvalue weighted by Crippen LogP contribution is 2.40. The number of nitrogens with zero attached hydrogens (tertiary/aromatic N) is 4. The van der Waals surface area contributed by atoms with Gasteiger partial charge in [-0.25, -0.2) is 14.4 Å². The molecule has 3 heterocycles. The summed E-state index contributed by atoms with van der Waals surface area (Å²) >= 11 is 1.85. The number of carbonyl (C=O) groups is 1. The number of aryl methyl sites for hydroxylation is 3. The Morgan fingerprint density at radius 1 is 1.09 bits per heavy atom. The molecular formula is C25H29FN4OS. The van der Waals surface area contributed by atoms with Gasteiger partial charge in [0.2, 0.25) is 0 Å². The lowest BCUT2D eigenvalue weighted by Gasteiger charge is -2.36. The Bertz CT molecular complexity index is 1140. The molecule has 0 radical (unpaired) electrons. The first-order valence-corrected chi connectivity index (χ1v) is 12.6. The number of aromatic nitrogens is 2. The second-order valence-corrected chi connectivity index (χ2v) is 9.80. The third-order valence-corrected chi connectivity index (χ3v) is 7.75. The van der Waals surface area contributed by atoms with Gasteiger partial charge in [0.05, 0.1) is 10.9 Å². The minimum Gasteiger partial charge on any atom is -0.352 e. The minimum absolute atomic E-state index is 0.152. The zero-order valence-electron chi connectivity index (χ0n) is 18.6. The highest BCUT2D eigenvalue weighted by molar-refractivity contribution is 7.19. The molecule has 1 aliphatic heterocycles. The molecule has 2 aromatic heterocycles. The first-order chi connectivity index (χ1) is 15.7. The van der Waals surface area contributed by atoms with E-state index in [-0.39, 0.29) is 11.5 Å². The molecule has 5 nitrogen and oxygen atoms in total. The average molecular weight is 453 g/mol. The van der Waals surface area contributed by atoms with Crippen molar-refractivity contribution in [1.29, 1.82) is 0 Å². The number of rotatable bonds is 5. The molecule has 5 rings (SSSR count). The maximum absolute atomic E-state index is 14.1. The van der Waals surface area contributed by atoms with Crippen LogP contribution in [-0.4, -0.2) is 47.0 Å². The summed E-state index contributed by atoms with van der Waals surface area (Å²) in [6.07, 6.45) is 7.82. The van der Waals surface area contributed by atoms with E-state index < -0.39 is 5.82 Å². The lowest BCUT2D eigenvalue weighted by molar-refractivity contribution is 0.0742. The van der Waals surface area contributed by atoms with Crippen molar-refractivity contribution in [3.05, 3.63) is 51.9 Å². The number of fused-ring (bicyclic) bond motifs is 3. The molecule has 0 N–H and O–H groups in total. The first kappa shape index (κ1) is 21.3. The summed E-state index contributed by atoms with van der Waals surface area (Å²) in [7, 11) is 0. The van der Waals surface area contributed by atoms with Crippen LogP contribution in [0.25, 0.3) is 10.2 Å². The molecule has 1 amide bonds. The van der Waals surface area contributed by atoms with Gasteiger partial charge in [-0.1, -0.05) is 25.5 Å². The van der Waals surface area contributed by atoms with Crippen LogP contribution >= 0.6 is 11.3 Å². The molecule has 0 atom stereocenters. The topological polar surface area (TPSA) is 49.3 Å². The SMILES string of the molecule is CCCCc1nc(N2CCN(C(=O)c3ccccc3F)CC2)c2c3c(sc2n1)CCCC3. The predicted molar refractivity (Wildman–Crippen MR) is 127 cm³/mol. The van der Waals surface area contributed by atoms with Crippen LogP contribution in [0.15, 0.2) is 24.3 Å². The summed E-state index contributed by atoms with van der Waals surface area (Å²) in [6, 6.07) is 6.23. The largest absolute Gasteiger partial charge is 0.352 e. The van der Waals surface area contributed by atoms with Crippen LogP contribution in [0.5, 0.6) is 0 Å². The van der Waals surface area contributed by atoms with Crippen LogP contribution in [-0.2, 0) is 19.3 Å². The van der Waals surface area contributed by atoms with Gasteiger partial charge in [-0.3, -0.25) is 4.79 Å². The quantitative estimate of drug-likeness (QED) is 0.546. The Morgan fingerprint density at radius 3 is 2.66 bits per heavy atom. The molecule has 1 aromatic carbocycles. The van der Waals surface area contributed by atoms with Crippen molar-refractivity contribution in [3.63, 3.8) is 0 Å². The van der Waals surface area contributed by atoms with Crippen molar-refractivity contribution < 1.29 is 9.18 Å². The normalized spacial score (nSPS) is 16.4. The van der Waals surface area contributed by atoms with Crippen molar-refractivity contribution in [2.45, 2.75) is 51.9 Å². The average Bonchev–Trinajstić information content (AvgIpc) is 3.21. The van der Waals surface area contributed by atoms with Crippen LogP contribution in [0.4, 0.5) is 10.2 Å². The lowest BCUT2D eigenvalue weighted by atomic mass is 9.96. The van der Waals surface area contributed by atoms with Crippen LogP contribution in [0.2, 0.25) is 0 Å². The van der Waals surface area contributed by atoms with E-state index in [1.54, 1.807) is 23.1 Å². The zero-order valence-corrected chi connectivity index (χ0v) is 19.4. The second kappa shape index (κ2) is 9.14. The van der Waals surface area contributed by atoms with Crippen molar-refractivity contribution in [1.82, 2.24) is 14.9 Å². The number of anilines is 1. The van der Waals surface area contributed by atoms with Gasteiger partial charge in [0, 0.05) is 37.5 Å². The summed E-state index contributed by atoms with van der Waals surface area (Å²) in [5.74, 6) is 1.28. The van der Waals surface area contributed by atoms with Crippen molar-refractivity contribution >= 4 is 33.3 Å². The van der Waals surface area contributed by atoms with E-state index in [0.717, 1.165) is 48.6 Å². The van der Waals surface area contributed by atoms with Gasteiger partial charge >= 0.3 is 0 Å². The van der Waals surface area contributed by atoms with Crippen molar-refractivity contribution in [2.75, 3.05) is 31.1 Å². The molecule has 3 aromatic rings. The number of hydrogen-bond donors (Lipinski definition) is 0. The third kappa shape index (κ3) is 3.98. The highest BCUT2D eigenvalue weighted by atomic mass is 32.1. The zero-order chi connectivity index (χ0) is 22.1. The fraction of sp³-hybridized carbons (Fsp3) is 0.480. The van der Waals surface area contributed by atoms with E-state index in [2.05, 4.69) is 11.8 Å². The fourth-order valence-corrected chi connectivity index (χ4v) is 6.06. The van der Waals surface area contributed by atoms with E-state index in [0.29, 0.717) is 26.2 Å². The number of unbranched alkanes of at least 4 members (excludes halogenated alkanes) is 1. The molecule has 2 aliphatic rings. The van der Waals surface area contributed by atoms with Crippen LogP contribution < -0.4 is 4.90 Å². The van der Waals surface area contributed by atoms with E-state index >= 15 is 0 Å². The second-order valence-electron chi connectivity index (χ2n) is 8.72. The van der Waals surface area contributed by atoms with Gasteiger partial charge in [0.15, 0.2) is 0 Å². The molecule has 1 saturated heterocycles. The van der Waals surface area contributed by atoms with Crippen LogP contribution in [0.1, 0.15) is 59.2 Å². The van der Waals surface area contributed by atoms with Crippen LogP contribution in [0.3, 0.4) is 0 Å². The smallest absolute Gasteiger partial charge is 0.256 e. The third-order valence-electron chi connectivity index (χ3n) is 6.57. The highest BCUT2D eigenvalue weighted by Gasteiger charge is 2.28. The van der Waals surface area contributed by atoms with Crippen LogP contribution in [0, 0.1) is 5.82 Å². The number of thiophene rings is 1. The van der Waals surface area contributed by atoms with Gasteiger partial charge in [-0.05, 0) is 49.8 Å². The van der Waals surface area contributed by atoms with Gasteiger partial charge in [-0.2, -0.15) is 0 Å². The van der Waals surface area contributed by atoms with E-state index in [4.69, 9.17) is 9.97 Å². The van der Waals surface area contributed by atoms with E-state index in [9.17, 15) is 9.18 Å². The Hall–Kier alpha value is -2.54. The molecular weight excluding hydrogens is 423 g/mol. The van der Waals surface area contributed by atoms with E-state index in [1.807, 2.05) is 11.3 Å². The standard InChI is InChI=1S/C25H29FN4OS/c1-2-3-12-21-27-23(22-18-9-5-7-11-20(18)32-24(22)28-21)29-13-15-30(16-14-29)25(31)17-8-4-6-10-19(17)26/h4,6,8,10H,2-3,5,7,9,11-16H2,1H3. The molecule has 168 valence electrons. The monoisotopic (exact) mass is 452 g/mol. The Kier molecular flexibility index (Phi) is 6.09. The summed E-state index contributed by atoms with van der Waals surface area (Å²) < 4.78 is 14.1. The molecule has 7 heteroatoms. The number of piperazine rings is 1. The maximum atomic E-state index is 14.1.